The fourth-order valence-electron chi connectivity index (χ4n) is 2.44. The zero-order valence-electron chi connectivity index (χ0n) is 9.63. The first-order valence-electron chi connectivity index (χ1n) is 6.39. The second-order valence-corrected chi connectivity index (χ2v) is 4.62. The minimum atomic E-state index is 0.930. The van der Waals surface area contributed by atoms with E-state index in [1.54, 1.807) is 11.1 Å². The van der Waals surface area contributed by atoms with E-state index < -0.39 is 0 Å². The lowest BCUT2D eigenvalue weighted by molar-refractivity contribution is 0.139. The summed E-state index contributed by atoms with van der Waals surface area (Å²) < 4.78 is 5.68. The quantitative estimate of drug-likeness (QED) is 0.471. The molecule has 84 valence electrons. The highest BCUT2D eigenvalue weighted by molar-refractivity contribution is 5.08. The normalized spacial score (nSPS) is 20.5. The van der Waals surface area contributed by atoms with Gasteiger partial charge in [0.05, 0.1) is 13.2 Å². The Kier molecular flexibility index (Phi) is 4.46. The molecule has 0 amide bonds. The van der Waals surface area contributed by atoms with Gasteiger partial charge in [-0.15, -0.1) is 0 Å². The van der Waals surface area contributed by atoms with E-state index in [1.807, 2.05) is 0 Å². The molecule has 0 saturated carbocycles. The maximum Gasteiger partial charge on any atom is 0.0503 e. The number of allylic oxidation sites excluding steroid dienone is 2. The van der Waals surface area contributed by atoms with Gasteiger partial charge in [0.2, 0.25) is 0 Å². The number of hydrogen-bond donors (Lipinski definition) is 0. The zero-order chi connectivity index (χ0) is 10.3. The summed E-state index contributed by atoms with van der Waals surface area (Å²) >= 11 is 0. The van der Waals surface area contributed by atoms with Gasteiger partial charge >= 0.3 is 0 Å². The summed E-state index contributed by atoms with van der Waals surface area (Å²) in [6, 6.07) is 0. The maximum absolute atomic E-state index is 5.68. The van der Waals surface area contributed by atoms with Crippen LogP contribution in [0.2, 0.25) is 0 Å². The first kappa shape index (κ1) is 10.9. The Morgan fingerprint density at radius 1 is 0.867 bits per heavy atom. The minimum absolute atomic E-state index is 0.930. The topological polar surface area (TPSA) is 9.23 Å². The third-order valence-electron chi connectivity index (χ3n) is 3.41. The van der Waals surface area contributed by atoms with Gasteiger partial charge in [-0.05, 0) is 51.4 Å². The molecule has 2 rings (SSSR count). The molecule has 0 heterocycles. The predicted molar refractivity (Wildman–Crippen MR) is 63.9 cm³/mol. The van der Waals surface area contributed by atoms with E-state index in [9.17, 15) is 0 Å². The van der Waals surface area contributed by atoms with Crippen molar-refractivity contribution >= 4 is 0 Å². The average molecular weight is 206 g/mol. The molecule has 0 saturated heterocycles. The highest BCUT2D eigenvalue weighted by Crippen LogP contribution is 2.21. The van der Waals surface area contributed by atoms with E-state index in [-0.39, 0.29) is 0 Å². The number of rotatable bonds is 6. The maximum atomic E-state index is 5.68. The van der Waals surface area contributed by atoms with Crippen LogP contribution in [-0.4, -0.2) is 13.2 Å². The lowest BCUT2D eigenvalue weighted by atomic mass is 10.2. The molecule has 0 N–H and O–H groups in total. The highest BCUT2D eigenvalue weighted by atomic mass is 16.5. The summed E-state index contributed by atoms with van der Waals surface area (Å²) in [5, 5.41) is 0. The van der Waals surface area contributed by atoms with Gasteiger partial charge in [0.15, 0.2) is 0 Å². The molecule has 0 aromatic heterocycles. The van der Waals surface area contributed by atoms with Crippen LogP contribution in [0.3, 0.4) is 0 Å². The van der Waals surface area contributed by atoms with Gasteiger partial charge in [0.1, 0.15) is 0 Å². The predicted octanol–water partition coefficient (Wildman–Crippen LogP) is 4.00. The van der Waals surface area contributed by atoms with Crippen LogP contribution in [0.15, 0.2) is 23.3 Å². The summed E-state index contributed by atoms with van der Waals surface area (Å²) in [6.45, 7) is 1.86. The Balaban J connectivity index is 1.48. The molecule has 0 aliphatic heterocycles. The van der Waals surface area contributed by atoms with Crippen molar-refractivity contribution < 1.29 is 4.74 Å². The molecule has 1 nitrogen and oxygen atoms in total. The summed E-state index contributed by atoms with van der Waals surface area (Å²) in [5.41, 5.74) is 3.24. The van der Waals surface area contributed by atoms with Crippen LogP contribution in [0.25, 0.3) is 0 Å². The molecule has 2 aliphatic rings. The van der Waals surface area contributed by atoms with Crippen molar-refractivity contribution in [2.75, 3.05) is 13.2 Å². The fourth-order valence-corrected chi connectivity index (χ4v) is 2.44. The first-order valence-corrected chi connectivity index (χ1v) is 6.39. The molecule has 2 aliphatic carbocycles. The van der Waals surface area contributed by atoms with E-state index in [1.165, 1.54) is 51.4 Å². The molecule has 0 spiro atoms. The van der Waals surface area contributed by atoms with Crippen LogP contribution in [-0.2, 0) is 4.74 Å². The molecular formula is C14H22O. The number of ether oxygens (including phenoxy) is 1. The second-order valence-electron chi connectivity index (χ2n) is 4.62. The largest absolute Gasteiger partial charge is 0.381 e. The van der Waals surface area contributed by atoms with Crippen molar-refractivity contribution in [1.29, 1.82) is 0 Å². The summed E-state index contributed by atoms with van der Waals surface area (Å²) in [7, 11) is 0. The van der Waals surface area contributed by atoms with Gasteiger partial charge in [-0.1, -0.05) is 23.3 Å². The fraction of sp³-hybridized carbons (Fsp3) is 0.714. The highest BCUT2D eigenvalue weighted by Gasteiger charge is 2.05. The third-order valence-corrected chi connectivity index (χ3v) is 3.41. The van der Waals surface area contributed by atoms with Gasteiger partial charge in [-0.2, -0.15) is 0 Å². The van der Waals surface area contributed by atoms with E-state index in [2.05, 4.69) is 12.2 Å². The standard InChI is InChI=1S/C14H22O/c1-2-6-13(5-1)9-11-15-12-10-14-7-3-4-8-14/h5,7H,1-4,6,8-12H2. The lowest BCUT2D eigenvalue weighted by Gasteiger charge is -2.05. The third kappa shape index (κ3) is 3.83. The van der Waals surface area contributed by atoms with Crippen LogP contribution in [0.1, 0.15) is 51.4 Å². The molecular weight excluding hydrogens is 184 g/mol. The van der Waals surface area contributed by atoms with Crippen molar-refractivity contribution in [3.63, 3.8) is 0 Å². The van der Waals surface area contributed by atoms with Crippen LogP contribution < -0.4 is 0 Å². The molecule has 0 radical (unpaired) electrons. The van der Waals surface area contributed by atoms with E-state index >= 15 is 0 Å². The Hall–Kier alpha value is -0.560. The van der Waals surface area contributed by atoms with Crippen molar-refractivity contribution in [3.05, 3.63) is 23.3 Å². The lowest BCUT2D eigenvalue weighted by Crippen LogP contribution is -1.98. The number of hydrogen-bond acceptors (Lipinski definition) is 1. The van der Waals surface area contributed by atoms with Crippen LogP contribution in [0.5, 0.6) is 0 Å². The van der Waals surface area contributed by atoms with Gasteiger partial charge in [-0.3, -0.25) is 0 Å². The Morgan fingerprint density at radius 3 is 1.80 bits per heavy atom. The van der Waals surface area contributed by atoms with Crippen molar-refractivity contribution in [2.45, 2.75) is 51.4 Å². The molecule has 0 aromatic carbocycles. The molecule has 15 heavy (non-hydrogen) atoms. The molecule has 0 atom stereocenters. The SMILES string of the molecule is C1=C(CCOCCC2=CCCC2)CCC1. The van der Waals surface area contributed by atoms with Crippen LogP contribution >= 0.6 is 0 Å². The Labute approximate surface area is 93.2 Å². The summed E-state index contributed by atoms with van der Waals surface area (Å²) in [5.74, 6) is 0. The van der Waals surface area contributed by atoms with Gasteiger partial charge in [-0.25, -0.2) is 0 Å². The van der Waals surface area contributed by atoms with E-state index in [0.29, 0.717) is 0 Å². The molecule has 1 heteroatoms. The Morgan fingerprint density at radius 2 is 1.40 bits per heavy atom. The van der Waals surface area contributed by atoms with Crippen molar-refractivity contribution in [3.8, 4) is 0 Å². The smallest absolute Gasteiger partial charge is 0.0503 e. The molecule has 0 bridgehead atoms. The van der Waals surface area contributed by atoms with Crippen molar-refractivity contribution in [2.24, 2.45) is 0 Å². The monoisotopic (exact) mass is 206 g/mol. The summed E-state index contributed by atoms with van der Waals surface area (Å²) in [4.78, 5) is 0. The summed E-state index contributed by atoms with van der Waals surface area (Å²) in [6.07, 6.45) is 15.1. The van der Waals surface area contributed by atoms with E-state index in [0.717, 1.165) is 13.2 Å². The van der Waals surface area contributed by atoms with Gasteiger partial charge in [0, 0.05) is 0 Å². The van der Waals surface area contributed by atoms with Gasteiger partial charge < -0.3 is 4.74 Å². The van der Waals surface area contributed by atoms with E-state index in [4.69, 9.17) is 4.74 Å². The molecule has 0 aromatic rings. The molecule has 0 unspecified atom stereocenters. The van der Waals surface area contributed by atoms with Crippen LogP contribution in [0.4, 0.5) is 0 Å². The first-order chi connectivity index (χ1) is 7.45. The minimum Gasteiger partial charge on any atom is -0.381 e. The second kappa shape index (κ2) is 6.12. The van der Waals surface area contributed by atoms with Gasteiger partial charge in [0.25, 0.3) is 0 Å². The zero-order valence-corrected chi connectivity index (χ0v) is 9.63. The molecule has 0 fully saturated rings. The van der Waals surface area contributed by atoms with Crippen molar-refractivity contribution in [1.82, 2.24) is 0 Å². The van der Waals surface area contributed by atoms with Crippen LogP contribution in [0, 0.1) is 0 Å². The average Bonchev–Trinajstić information content (AvgIpc) is 2.88. The Bertz CT molecular complexity index is 224.